The minimum absolute atomic E-state index is 0.210. The number of nitrogens with zero attached hydrogens (tertiary/aromatic N) is 2. The molecule has 0 bridgehead atoms. The molecule has 0 saturated heterocycles. The van der Waals surface area contributed by atoms with Crippen LogP contribution >= 0.6 is 11.6 Å². The highest BCUT2D eigenvalue weighted by Crippen LogP contribution is 2.24. The fourth-order valence-electron chi connectivity index (χ4n) is 1.97. The third kappa shape index (κ3) is 3.21. The van der Waals surface area contributed by atoms with Gasteiger partial charge in [0.25, 0.3) is 0 Å². The van der Waals surface area contributed by atoms with Crippen LogP contribution in [0.2, 0.25) is 5.02 Å². The Morgan fingerprint density at radius 2 is 2.00 bits per heavy atom. The normalized spacial score (nSPS) is 15.3. The first-order chi connectivity index (χ1) is 7.88. The lowest BCUT2D eigenvalue weighted by Gasteiger charge is -2.26. The molecule has 0 spiro atoms. The first kappa shape index (κ1) is 14.5. The maximum absolute atomic E-state index is 6.25. The highest BCUT2D eigenvalue weighted by molar-refractivity contribution is 6.31. The first-order valence-electron chi connectivity index (χ1n) is 6.02. The molecule has 1 heterocycles. The van der Waals surface area contributed by atoms with Crippen molar-refractivity contribution in [3.63, 3.8) is 0 Å². The van der Waals surface area contributed by atoms with E-state index in [1.165, 1.54) is 0 Å². The molecule has 0 aromatic carbocycles. The summed E-state index contributed by atoms with van der Waals surface area (Å²) in [5.74, 6) is 6.69. The largest absolute Gasteiger partial charge is 0.271 e. The van der Waals surface area contributed by atoms with Crippen molar-refractivity contribution < 1.29 is 0 Å². The Balaban J connectivity index is 2.88. The van der Waals surface area contributed by atoms with Crippen LogP contribution in [0, 0.1) is 18.8 Å². The molecular weight excluding hydrogens is 236 g/mol. The number of nitrogens with one attached hydrogen (secondary N) is 1. The summed E-state index contributed by atoms with van der Waals surface area (Å²) < 4.78 is 1.84. The van der Waals surface area contributed by atoms with Crippen LogP contribution in [0.4, 0.5) is 0 Å². The topological polar surface area (TPSA) is 55.9 Å². The van der Waals surface area contributed by atoms with Crippen LogP contribution in [-0.4, -0.2) is 15.8 Å². The Kier molecular flexibility index (Phi) is 4.98. The van der Waals surface area contributed by atoms with Gasteiger partial charge in [-0.3, -0.25) is 16.0 Å². The Hall–Kier alpha value is -0.580. The predicted octanol–water partition coefficient (Wildman–Crippen LogP) is 2.05. The van der Waals surface area contributed by atoms with Crippen LogP contribution in [-0.2, 0) is 13.5 Å². The second-order valence-corrected chi connectivity index (χ2v) is 5.43. The van der Waals surface area contributed by atoms with Crippen molar-refractivity contribution in [2.45, 2.75) is 40.2 Å². The number of hydrogen-bond donors (Lipinski definition) is 2. The van der Waals surface area contributed by atoms with Crippen LogP contribution in [0.3, 0.4) is 0 Å². The summed E-state index contributed by atoms with van der Waals surface area (Å²) in [7, 11) is 1.92. The summed E-state index contributed by atoms with van der Waals surface area (Å²) in [5.41, 5.74) is 4.81. The van der Waals surface area contributed by atoms with E-state index in [0.717, 1.165) is 22.8 Å². The van der Waals surface area contributed by atoms with Gasteiger partial charge in [-0.05, 0) is 18.8 Å². The number of nitrogens with two attached hydrogens (primary N) is 1. The smallest absolute Gasteiger partial charge is 0.0847 e. The lowest BCUT2D eigenvalue weighted by molar-refractivity contribution is 0.296. The Labute approximate surface area is 108 Å². The quantitative estimate of drug-likeness (QED) is 0.628. The molecule has 0 amide bonds. The van der Waals surface area contributed by atoms with E-state index in [4.69, 9.17) is 17.4 Å². The molecule has 5 heteroatoms. The predicted molar refractivity (Wildman–Crippen MR) is 71.8 cm³/mol. The van der Waals surface area contributed by atoms with Gasteiger partial charge in [0.1, 0.15) is 0 Å². The zero-order chi connectivity index (χ0) is 13.2. The lowest BCUT2D eigenvalue weighted by atomic mass is 9.88. The third-order valence-corrected chi connectivity index (χ3v) is 4.07. The molecule has 3 N–H and O–H groups in total. The molecule has 1 aromatic heterocycles. The maximum atomic E-state index is 6.25. The molecule has 0 fully saturated rings. The molecule has 1 aromatic rings. The number of halogens is 1. The van der Waals surface area contributed by atoms with E-state index in [1.807, 2.05) is 18.7 Å². The van der Waals surface area contributed by atoms with Gasteiger partial charge >= 0.3 is 0 Å². The number of hydrazine groups is 1. The highest BCUT2D eigenvalue weighted by Gasteiger charge is 2.22. The van der Waals surface area contributed by atoms with E-state index in [0.29, 0.717) is 11.8 Å². The molecule has 2 atom stereocenters. The van der Waals surface area contributed by atoms with Gasteiger partial charge in [-0.1, -0.05) is 32.4 Å². The van der Waals surface area contributed by atoms with Gasteiger partial charge in [0.05, 0.1) is 16.4 Å². The molecule has 0 aliphatic carbocycles. The van der Waals surface area contributed by atoms with Gasteiger partial charge in [0.2, 0.25) is 0 Å². The number of aromatic nitrogens is 2. The van der Waals surface area contributed by atoms with Crippen molar-refractivity contribution in [1.82, 2.24) is 15.2 Å². The van der Waals surface area contributed by atoms with Crippen LogP contribution < -0.4 is 11.3 Å². The van der Waals surface area contributed by atoms with E-state index in [1.54, 1.807) is 0 Å². The average Bonchev–Trinajstić information content (AvgIpc) is 2.50. The summed E-state index contributed by atoms with van der Waals surface area (Å²) in [5, 5.41) is 5.07. The van der Waals surface area contributed by atoms with Crippen LogP contribution in [0.15, 0.2) is 0 Å². The van der Waals surface area contributed by atoms with E-state index in [9.17, 15) is 0 Å². The van der Waals surface area contributed by atoms with E-state index < -0.39 is 0 Å². The zero-order valence-electron chi connectivity index (χ0n) is 11.3. The molecule has 0 radical (unpaired) electrons. The SMILES string of the molecule is Cc1nn(C)c(CC(NN)C(C)C(C)C)c1Cl. The number of aryl methyl sites for hydroxylation is 2. The fourth-order valence-corrected chi connectivity index (χ4v) is 2.21. The van der Waals surface area contributed by atoms with Gasteiger partial charge in [0, 0.05) is 19.5 Å². The van der Waals surface area contributed by atoms with Crippen molar-refractivity contribution in [2.75, 3.05) is 0 Å². The second-order valence-electron chi connectivity index (χ2n) is 5.05. The average molecular weight is 259 g/mol. The monoisotopic (exact) mass is 258 g/mol. The zero-order valence-corrected chi connectivity index (χ0v) is 12.0. The van der Waals surface area contributed by atoms with E-state index in [-0.39, 0.29) is 6.04 Å². The minimum atomic E-state index is 0.210. The second kappa shape index (κ2) is 5.85. The third-order valence-electron chi connectivity index (χ3n) is 3.58. The molecule has 0 aliphatic rings. The van der Waals surface area contributed by atoms with Crippen molar-refractivity contribution in [3.8, 4) is 0 Å². The highest BCUT2D eigenvalue weighted by atomic mass is 35.5. The van der Waals surface area contributed by atoms with Gasteiger partial charge in [-0.2, -0.15) is 5.10 Å². The van der Waals surface area contributed by atoms with Crippen LogP contribution in [0.5, 0.6) is 0 Å². The summed E-state index contributed by atoms with van der Waals surface area (Å²) in [6.07, 6.45) is 0.798. The summed E-state index contributed by atoms with van der Waals surface area (Å²) in [4.78, 5) is 0. The molecule has 0 saturated carbocycles. The molecule has 4 nitrogen and oxygen atoms in total. The Morgan fingerprint density at radius 1 is 1.41 bits per heavy atom. The van der Waals surface area contributed by atoms with Crippen molar-refractivity contribution >= 4 is 11.6 Å². The molecule has 1 rings (SSSR count). The van der Waals surface area contributed by atoms with Gasteiger partial charge < -0.3 is 0 Å². The fraction of sp³-hybridized carbons (Fsp3) is 0.750. The first-order valence-corrected chi connectivity index (χ1v) is 6.40. The van der Waals surface area contributed by atoms with Crippen molar-refractivity contribution in [3.05, 3.63) is 16.4 Å². The van der Waals surface area contributed by atoms with Crippen molar-refractivity contribution in [2.24, 2.45) is 24.7 Å². The summed E-state index contributed by atoms with van der Waals surface area (Å²) in [6, 6.07) is 0.210. The molecule has 17 heavy (non-hydrogen) atoms. The van der Waals surface area contributed by atoms with Crippen LogP contribution in [0.25, 0.3) is 0 Å². The van der Waals surface area contributed by atoms with Gasteiger partial charge in [-0.15, -0.1) is 0 Å². The van der Waals surface area contributed by atoms with Gasteiger partial charge in [-0.25, -0.2) is 0 Å². The Morgan fingerprint density at radius 3 is 2.35 bits per heavy atom. The van der Waals surface area contributed by atoms with Gasteiger partial charge in [0.15, 0.2) is 0 Å². The molecular formula is C12H23ClN4. The number of rotatable bonds is 5. The Bertz CT molecular complexity index is 373. The van der Waals surface area contributed by atoms with E-state index >= 15 is 0 Å². The van der Waals surface area contributed by atoms with Crippen LogP contribution in [0.1, 0.15) is 32.2 Å². The molecule has 0 aliphatic heterocycles. The molecule has 2 unspecified atom stereocenters. The number of hydrogen-bond acceptors (Lipinski definition) is 3. The minimum Gasteiger partial charge on any atom is -0.271 e. The maximum Gasteiger partial charge on any atom is 0.0847 e. The lowest BCUT2D eigenvalue weighted by Crippen LogP contribution is -2.43. The summed E-state index contributed by atoms with van der Waals surface area (Å²) in [6.45, 7) is 8.52. The van der Waals surface area contributed by atoms with Crippen molar-refractivity contribution in [1.29, 1.82) is 0 Å². The standard InChI is InChI=1S/C12H23ClN4/c1-7(2)8(3)10(15-14)6-11-12(13)9(4)16-17(11)5/h7-8,10,15H,6,14H2,1-5H3. The molecule has 98 valence electrons. The summed E-state index contributed by atoms with van der Waals surface area (Å²) >= 11 is 6.25. The van der Waals surface area contributed by atoms with E-state index in [2.05, 4.69) is 31.3 Å².